The summed E-state index contributed by atoms with van der Waals surface area (Å²) in [5.41, 5.74) is 3.07. The van der Waals surface area contributed by atoms with Gasteiger partial charge in [-0.25, -0.2) is 4.39 Å². The second kappa shape index (κ2) is 7.71. The molecule has 1 fully saturated rings. The molecule has 1 aliphatic rings. The van der Waals surface area contributed by atoms with E-state index >= 15 is 0 Å². The zero-order valence-electron chi connectivity index (χ0n) is 14.8. The van der Waals surface area contributed by atoms with Crippen LogP contribution >= 0.6 is 0 Å². The molecule has 0 unspecified atom stereocenters. The molecular formula is C20H24FN3O. The van der Waals surface area contributed by atoms with Crippen LogP contribution in [0.25, 0.3) is 0 Å². The molecule has 0 radical (unpaired) electrons. The lowest BCUT2D eigenvalue weighted by Gasteiger charge is -2.32. The summed E-state index contributed by atoms with van der Waals surface area (Å²) in [4.78, 5) is 2.42. The number of benzene rings is 1. The molecule has 2 aromatic rings. The molecule has 0 spiro atoms. The Kier molecular flexibility index (Phi) is 5.40. The Labute approximate surface area is 148 Å². The van der Waals surface area contributed by atoms with Crippen molar-refractivity contribution in [2.45, 2.75) is 26.3 Å². The quantitative estimate of drug-likeness (QED) is 0.834. The van der Waals surface area contributed by atoms with Gasteiger partial charge >= 0.3 is 0 Å². The van der Waals surface area contributed by atoms with Crippen LogP contribution in [0.3, 0.4) is 0 Å². The van der Waals surface area contributed by atoms with Crippen molar-refractivity contribution in [2.75, 3.05) is 19.7 Å². The molecule has 3 rings (SSSR count). The van der Waals surface area contributed by atoms with Crippen molar-refractivity contribution < 1.29 is 9.13 Å². The molecule has 0 bridgehead atoms. The molecule has 1 aliphatic heterocycles. The highest BCUT2D eigenvalue weighted by molar-refractivity contribution is 5.34. The molecular weight excluding hydrogens is 317 g/mol. The molecule has 0 saturated carbocycles. The Morgan fingerprint density at radius 1 is 1.36 bits per heavy atom. The van der Waals surface area contributed by atoms with Gasteiger partial charge in [0.1, 0.15) is 23.3 Å². The van der Waals surface area contributed by atoms with Crippen LogP contribution in [0.4, 0.5) is 4.39 Å². The first-order chi connectivity index (χ1) is 12.1. The standard InChI is InChI=1S/C20H24FN3O/c1-15-17(9-19(11-22)23(15)2)13-24-8-4-5-16(12-24)14-25-20-7-3-6-18(21)10-20/h3,6-7,9-10,16H,4-5,8,12-14H2,1-2H3/t16-/m1/s1. The van der Waals surface area contributed by atoms with Gasteiger partial charge in [0.05, 0.1) is 6.61 Å². The first-order valence-electron chi connectivity index (χ1n) is 8.73. The SMILES string of the molecule is Cc1c(CN2CCC[C@@H](COc3cccc(F)c3)C2)cc(C#N)n1C. The van der Waals surface area contributed by atoms with E-state index < -0.39 is 0 Å². The number of hydrogen-bond donors (Lipinski definition) is 0. The van der Waals surface area contributed by atoms with E-state index in [2.05, 4.69) is 17.9 Å². The average Bonchev–Trinajstić information content (AvgIpc) is 2.88. The van der Waals surface area contributed by atoms with Crippen molar-refractivity contribution >= 4 is 0 Å². The van der Waals surface area contributed by atoms with Crippen LogP contribution in [0.2, 0.25) is 0 Å². The number of hydrogen-bond acceptors (Lipinski definition) is 3. The van der Waals surface area contributed by atoms with Crippen molar-refractivity contribution in [3.05, 3.63) is 53.1 Å². The lowest BCUT2D eigenvalue weighted by atomic mass is 9.98. The van der Waals surface area contributed by atoms with Crippen LogP contribution in [-0.4, -0.2) is 29.2 Å². The van der Waals surface area contributed by atoms with E-state index in [9.17, 15) is 9.65 Å². The van der Waals surface area contributed by atoms with Gasteiger partial charge in [-0.15, -0.1) is 0 Å². The summed E-state index contributed by atoms with van der Waals surface area (Å²) in [5, 5.41) is 9.17. The van der Waals surface area contributed by atoms with Gasteiger partial charge in [0, 0.05) is 37.8 Å². The first kappa shape index (κ1) is 17.5. The number of piperidine rings is 1. The average molecular weight is 341 g/mol. The summed E-state index contributed by atoms with van der Waals surface area (Å²) in [6.45, 7) is 5.55. The monoisotopic (exact) mass is 341 g/mol. The summed E-state index contributed by atoms with van der Waals surface area (Å²) in [5.74, 6) is 0.766. The number of aromatic nitrogens is 1. The van der Waals surface area contributed by atoms with Crippen molar-refractivity contribution in [3.63, 3.8) is 0 Å². The molecule has 4 nitrogen and oxygen atoms in total. The number of likely N-dealkylation sites (tertiary alicyclic amines) is 1. The summed E-state index contributed by atoms with van der Waals surface area (Å²) in [6.07, 6.45) is 2.26. The lowest BCUT2D eigenvalue weighted by Crippen LogP contribution is -2.37. The van der Waals surface area contributed by atoms with E-state index in [4.69, 9.17) is 4.74 Å². The van der Waals surface area contributed by atoms with E-state index in [1.54, 1.807) is 12.1 Å². The summed E-state index contributed by atoms with van der Waals surface area (Å²) in [7, 11) is 1.93. The van der Waals surface area contributed by atoms with Gasteiger partial charge in [0.2, 0.25) is 0 Å². The molecule has 25 heavy (non-hydrogen) atoms. The maximum absolute atomic E-state index is 13.2. The summed E-state index contributed by atoms with van der Waals surface area (Å²) < 4.78 is 20.9. The Bertz CT molecular complexity index is 778. The van der Waals surface area contributed by atoms with Crippen molar-refractivity contribution in [1.29, 1.82) is 5.26 Å². The van der Waals surface area contributed by atoms with E-state index in [1.807, 2.05) is 17.7 Å². The fourth-order valence-electron chi connectivity index (χ4n) is 3.47. The normalized spacial score (nSPS) is 18.1. The Morgan fingerprint density at radius 2 is 2.20 bits per heavy atom. The number of nitriles is 1. The molecule has 2 heterocycles. The van der Waals surface area contributed by atoms with Gasteiger partial charge in [0.25, 0.3) is 0 Å². The van der Waals surface area contributed by atoms with Crippen molar-refractivity contribution in [3.8, 4) is 11.8 Å². The lowest BCUT2D eigenvalue weighted by molar-refractivity contribution is 0.125. The van der Waals surface area contributed by atoms with Crippen LogP contribution in [0.1, 0.15) is 29.8 Å². The molecule has 5 heteroatoms. The van der Waals surface area contributed by atoms with Gasteiger partial charge in [-0.1, -0.05) is 6.07 Å². The predicted molar refractivity (Wildman–Crippen MR) is 94.8 cm³/mol. The maximum Gasteiger partial charge on any atom is 0.126 e. The van der Waals surface area contributed by atoms with Crippen LogP contribution in [0.5, 0.6) is 5.75 Å². The predicted octanol–water partition coefficient (Wildman–Crippen LogP) is 3.64. The minimum atomic E-state index is -0.268. The van der Waals surface area contributed by atoms with Crippen LogP contribution in [0.15, 0.2) is 30.3 Å². The van der Waals surface area contributed by atoms with Gasteiger partial charge in [-0.05, 0) is 50.1 Å². The fraction of sp³-hybridized carbons (Fsp3) is 0.450. The van der Waals surface area contributed by atoms with Crippen LogP contribution in [-0.2, 0) is 13.6 Å². The highest BCUT2D eigenvalue weighted by atomic mass is 19.1. The Balaban J connectivity index is 1.57. The second-order valence-electron chi connectivity index (χ2n) is 6.82. The van der Waals surface area contributed by atoms with Gasteiger partial charge < -0.3 is 9.30 Å². The summed E-state index contributed by atoms with van der Waals surface area (Å²) in [6, 6.07) is 10.5. The molecule has 132 valence electrons. The third-order valence-electron chi connectivity index (χ3n) is 5.03. The fourth-order valence-corrected chi connectivity index (χ4v) is 3.47. The first-order valence-corrected chi connectivity index (χ1v) is 8.73. The molecule has 0 aliphatic carbocycles. The van der Waals surface area contributed by atoms with Gasteiger partial charge in [-0.3, -0.25) is 4.90 Å². The van der Waals surface area contributed by atoms with Crippen molar-refractivity contribution in [1.82, 2.24) is 9.47 Å². The Hall–Kier alpha value is -2.32. The molecule has 0 N–H and O–H groups in total. The number of rotatable bonds is 5. The minimum absolute atomic E-state index is 0.268. The number of halogens is 1. The van der Waals surface area contributed by atoms with E-state index in [1.165, 1.54) is 17.7 Å². The highest BCUT2D eigenvalue weighted by Crippen LogP contribution is 2.22. The maximum atomic E-state index is 13.2. The Morgan fingerprint density at radius 3 is 2.92 bits per heavy atom. The molecule has 1 aromatic heterocycles. The number of nitrogens with zero attached hydrogens (tertiary/aromatic N) is 3. The van der Waals surface area contributed by atoms with Crippen LogP contribution in [0, 0.1) is 30.0 Å². The molecule has 0 amide bonds. The van der Waals surface area contributed by atoms with E-state index in [0.717, 1.165) is 38.2 Å². The molecule has 1 atom stereocenters. The summed E-state index contributed by atoms with van der Waals surface area (Å²) >= 11 is 0. The molecule has 1 saturated heterocycles. The van der Waals surface area contributed by atoms with E-state index in [-0.39, 0.29) is 5.82 Å². The van der Waals surface area contributed by atoms with Crippen LogP contribution < -0.4 is 4.74 Å². The zero-order valence-corrected chi connectivity index (χ0v) is 14.8. The van der Waals surface area contributed by atoms with Gasteiger partial charge in [-0.2, -0.15) is 5.26 Å². The van der Waals surface area contributed by atoms with Gasteiger partial charge in [0.15, 0.2) is 0 Å². The topological polar surface area (TPSA) is 41.2 Å². The number of ether oxygens (including phenoxy) is 1. The minimum Gasteiger partial charge on any atom is -0.493 e. The highest BCUT2D eigenvalue weighted by Gasteiger charge is 2.22. The third kappa shape index (κ3) is 4.21. The zero-order chi connectivity index (χ0) is 17.8. The third-order valence-corrected chi connectivity index (χ3v) is 5.03. The van der Waals surface area contributed by atoms with Crippen molar-refractivity contribution in [2.24, 2.45) is 13.0 Å². The molecule has 1 aromatic carbocycles. The van der Waals surface area contributed by atoms with E-state index in [0.29, 0.717) is 24.0 Å². The smallest absolute Gasteiger partial charge is 0.126 e. The largest absolute Gasteiger partial charge is 0.493 e. The second-order valence-corrected chi connectivity index (χ2v) is 6.82.